The monoisotopic (exact) mass is 254 g/mol. The highest BCUT2D eigenvalue weighted by Crippen LogP contribution is 2.22. The summed E-state index contributed by atoms with van der Waals surface area (Å²) >= 11 is 0. The second kappa shape index (κ2) is 5.89. The molecule has 0 spiro atoms. The minimum atomic E-state index is -0.895. The molecule has 0 aromatic heterocycles. The first-order chi connectivity index (χ1) is 8.30. The van der Waals surface area contributed by atoms with Crippen molar-refractivity contribution in [3.8, 4) is 0 Å². The predicted molar refractivity (Wildman–Crippen MR) is 69.4 cm³/mol. The summed E-state index contributed by atoms with van der Waals surface area (Å²) in [5.74, 6) is -0.895. The minimum absolute atomic E-state index is 0.0566. The molecule has 1 rings (SSSR count). The van der Waals surface area contributed by atoms with Crippen LogP contribution in [0, 0.1) is 5.41 Å². The molecule has 2 amide bonds. The van der Waals surface area contributed by atoms with E-state index in [1.807, 2.05) is 32.9 Å². The zero-order chi connectivity index (χ0) is 13.8. The molecule has 0 bridgehead atoms. The van der Waals surface area contributed by atoms with Crippen molar-refractivity contribution in [3.05, 3.63) is 12.2 Å². The van der Waals surface area contributed by atoms with E-state index in [1.54, 1.807) is 4.90 Å². The Morgan fingerprint density at radius 2 is 2.06 bits per heavy atom. The fourth-order valence-corrected chi connectivity index (χ4v) is 1.81. The molecular weight excluding hydrogens is 232 g/mol. The molecule has 1 atom stereocenters. The van der Waals surface area contributed by atoms with Crippen LogP contribution in [0.4, 0.5) is 4.79 Å². The quantitative estimate of drug-likeness (QED) is 0.755. The molecule has 1 heterocycles. The number of nitrogens with one attached hydrogen (secondary N) is 1. The van der Waals surface area contributed by atoms with Crippen LogP contribution in [-0.2, 0) is 4.79 Å². The highest BCUT2D eigenvalue weighted by atomic mass is 16.4. The Labute approximate surface area is 108 Å². The minimum Gasteiger partial charge on any atom is -0.481 e. The number of carbonyl (C=O) groups excluding carboxylic acids is 1. The summed E-state index contributed by atoms with van der Waals surface area (Å²) < 4.78 is 0. The van der Waals surface area contributed by atoms with Gasteiger partial charge in [-0.15, -0.1) is 0 Å². The Bertz CT molecular complexity index is 345. The van der Waals surface area contributed by atoms with E-state index in [2.05, 4.69) is 5.32 Å². The van der Waals surface area contributed by atoms with Crippen molar-refractivity contribution in [3.63, 3.8) is 0 Å². The molecule has 1 aliphatic rings. The van der Waals surface area contributed by atoms with E-state index >= 15 is 0 Å². The van der Waals surface area contributed by atoms with Crippen LogP contribution in [0.5, 0.6) is 0 Å². The van der Waals surface area contributed by atoms with Gasteiger partial charge in [0, 0.05) is 19.1 Å². The third kappa shape index (κ3) is 4.39. The molecule has 102 valence electrons. The Kier molecular flexibility index (Phi) is 4.76. The van der Waals surface area contributed by atoms with Crippen LogP contribution < -0.4 is 5.32 Å². The number of carboxylic acid groups (broad SMARTS) is 1. The summed E-state index contributed by atoms with van der Waals surface area (Å²) in [7, 11) is 0. The lowest BCUT2D eigenvalue weighted by Gasteiger charge is -2.33. The molecule has 0 aromatic carbocycles. The van der Waals surface area contributed by atoms with Gasteiger partial charge in [0.25, 0.3) is 0 Å². The smallest absolute Gasteiger partial charge is 0.317 e. The van der Waals surface area contributed by atoms with Crippen LogP contribution in [0.15, 0.2) is 12.2 Å². The number of carbonyl (C=O) groups is 2. The molecule has 5 nitrogen and oxygen atoms in total. The van der Waals surface area contributed by atoms with Gasteiger partial charge < -0.3 is 15.3 Å². The number of urea groups is 1. The first kappa shape index (κ1) is 14.5. The maximum absolute atomic E-state index is 12.0. The fourth-order valence-electron chi connectivity index (χ4n) is 1.81. The van der Waals surface area contributed by atoms with Gasteiger partial charge in [-0.3, -0.25) is 4.79 Å². The summed E-state index contributed by atoms with van der Waals surface area (Å²) in [5, 5.41) is 11.7. The van der Waals surface area contributed by atoms with Gasteiger partial charge in [0.2, 0.25) is 0 Å². The Hall–Kier alpha value is -1.52. The third-order valence-corrected chi connectivity index (χ3v) is 3.07. The van der Waals surface area contributed by atoms with Gasteiger partial charge in [-0.2, -0.15) is 0 Å². The molecule has 0 radical (unpaired) electrons. The molecule has 1 aliphatic heterocycles. The van der Waals surface area contributed by atoms with Crippen LogP contribution in [0.25, 0.3) is 0 Å². The maximum atomic E-state index is 12.0. The van der Waals surface area contributed by atoms with Gasteiger partial charge in [0.15, 0.2) is 0 Å². The summed E-state index contributed by atoms with van der Waals surface area (Å²) in [6.07, 6.45) is 4.79. The van der Waals surface area contributed by atoms with Crippen molar-refractivity contribution < 1.29 is 14.7 Å². The van der Waals surface area contributed by atoms with Gasteiger partial charge in [-0.1, -0.05) is 32.9 Å². The van der Waals surface area contributed by atoms with Crippen LogP contribution in [0.2, 0.25) is 0 Å². The van der Waals surface area contributed by atoms with E-state index in [9.17, 15) is 9.59 Å². The second-order valence-corrected chi connectivity index (χ2v) is 5.67. The predicted octanol–water partition coefficient (Wildman–Crippen LogP) is 1.85. The van der Waals surface area contributed by atoms with Crippen LogP contribution in [0.1, 0.15) is 33.6 Å². The van der Waals surface area contributed by atoms with E-state index in [4.69, 9.17) is 5.11 Å². The Morgan fingerprint density at radius 3 is 2.50 bits per heavy atom. The molecule has 0 saturated heterocycles. The van der Waals surface area contributed by atoms with E-state index in [1.165, 1.54) is 0 Å². The molecular formula is C13H22N2O3. The highest BCUT2D eigenvalue weighted by Gasteiger charge is 2.29. The van der Waals surface area contributed by atoms with Crippen molar-refractivity contribution in [2.45, 2.75) is 39.7 Å². The molecule has 1 unspecified atom stereocenters. The van der Waals surface area contributed by atoms with Crippen LogP contribution in [-0.4, -0.2) is 41.1 Å². The van der Waals surface area contributed by atoms with Crippen molar-refractivity contribution in [1.29, 1.82) is 0 Å². The molecule has 0 aliphatic carbocycles. The van der Waals surface area contributed by atoms with Gasteiger partial charge in [0.05, 0.1) is 6.42 Å². The number of rotatable bonds is 3. The molecule has 0 saturated carbocycles. The van der Waals surface area contributed by atoms with E-state index < -0.39 is 5.97 Å². The normalized spacial score (nSPS) is 17.4. The number of nitrogens with zero attached hydrogens (tertiary/aromatic N) is 1. The summed E-state index contributed by atoms with van der Waals surface area (Å²) in [4.78, 5) is 24.6. The highest BCUT2D eigenvalue weighted by molar-refractivity contribution is 5.76. The number of hydrogen-bond acceptors (Lipinski definition) is 2. The average Bonchev–Trinajstić information content (AvgIpc) is 2.27. The zero-order valence-electron chi connectivity index (χ0n) is 11.3. The largest absolute Gasteiger partial charge is 0.481 e. The molecule has 2 N–H and O–H groups in total. The summed E-state index contributed by atoms with van der Waals surface area (Å²) in [6, 6.07) is -0.547. The molecule has 0 aromatic rings. The summed E-state index contributed by atoms with van der Waals surface area (Å²) in [6.45, 7) is 7.06. The topological polar surface area (TPSA) is 69.6 Å². The molecule has 5 heteroatoms. The van der Waals surface area contributed by atoms with E-state index in [-0.39, 0.29) is 23.9 Å². The van der Waals surface area contributed by atoms with Crippen molar-refractivity contribution in [1.82, 2.24) is 10.2 Å². The number of carboxylic acids is 1. The van der Waals surface area contributed by atoms with Crippen molar-refractivity contribution in [2.75, 3.05) is 13.1 Å². The number of amides is 2. The maximum Gasteiger partial charge on any atom is 0.317 e. The Morgan fingerprint density at radius 1 is 1.39 bits per heavy atom. The zero-order valence-corrected chi connectivity index (χ0v) is 11.3. The van der Waals surface area contributed by atoms with Crippen LogP contribution in [0.3, 0.4) is 0 Å². The van der Waals surface area contributed by atoms with Gasteiger partial charge in [-0.25, -0.2) is 4.79 Å². The first-order valence-corrected chi connectivity index (χ1v) is 6.23. The lowest BCUT2D eigenvalue weighted by molar-refractivity contribution is -0.138. The van der Waals surface area contributed by atoms with Gasteiger partial charge in [0.1, 0.15) is 0 Å². The van der Waals surface area contributed by atoms with Crippen LogP contribution >= 0.6 is 0 Å². The van der Waals surface area contributed by atoms with Crippen molar-refractivity contribution in [2.24, 2.45) is 5.41 Å². The average molecular weight is 254 g/mol. The molecule has 0 fully saturated rings. The summed E-state index contributed by atoms with van der Waals surface area (Å²) in [5.41, 5.74) is -0.278. The SMILES string of the molecule is CC(C)(C)C(CC(=O)O)NC(=O)N1CC=CCC1. The van der Waals surface area contributed by atoms with Crippen molar-refractivity contribution >= 4 is 12.0 Å². The lowest BCUT2D eigenvalue weighted by Crippen LogP contribution is -2.51. The first-order valence-electron chi connectivity index (χ1n) is 6.23. The molecule has 18 heavy (non-hydrogen) atoms. The lowest BCUT2D eigenvalue weighted by atomic mass is 9.85. The van der Waals surface area contributed by atoms with Gasteiger partial charge in [-0.05, 0) is 11.8 Å². The number of aliphatic carboxylic acids is 1. The Balaban J connectivity index is 2.62. The standard InChI is InChI=1S/C13H22N2O3/c1-13(2,3)10(9-11(16)17)14-12(18)15-7-5-4-6-8-15/h4-5,10H,6-9H2,1-3H3,(H,14,18)(H,16,17). The third-order valence-electron chi connectivity index (χ3n) is 3.07. The van der Waals surface area contributed by atoms with E-state index in [0.29, 0.717) is 13.1 Å². The fraction of sp³-hybridized carbons (Fsp3) is 0.692. The van der Waals surface area contributed by atoms with E-state index in [0.717, 1.165) is 6.42 Å². The second-order valence-electron chi connectivity index (χ2n) is 5.67. The van der Waals surface area contributed by atoms with Gasteiger partial charge >= 0.3 is 12.0 Å². The number of hydrogen-bond donors (Lipinski definition) is 2.